The molecule has 0 bridgehead atoms. The first-order chi connectivity index (χ1) is 7.47. The van der Waals surface area contributed by atoms with Crippen molar-refractivity contribution < 1.29 is 4.39 Å². The molecule has 2 rings (SSSR count). The summed E-state index contributed by atoms with van der Waals surface area (Å²) >= 11 is 0. The van der Waals surface area contributed by atoms with Gasteiger partial charge in [-0.1, -0.05) is 12.1 Å². The summed E-state index contributed by atoms with van der Waals surface area (Å²) in [5.41, 5.74) is 6.29. The molecule has 0 unspecified atom stereocenters. The molecule has 0 amide bonds. The van der Waals surface area contributed by atoms with Crippen LogP contribution in [-0.4, -0.2) is 10.5 Å². The summed E-state index contributed by atoms with van der Waals surface area (Å²) in [5, 5.41) is 1.46. The largest absolute Gasteiger partial charge is 0.325 e. The number of rotatable bonds is 2. The molecule has 0 saturated carbocycles. The van der Waals surface area contributed by atoms with Gasteiger partial charge in [0.2, 0.25) is 0 Å². The Labute approximate surface area is 94.3 Å². The molecule has 2 aromatic rings. The molecule has 0 radical (unpaired) electrons. The first kappa shape index (κ1) is 11.0. The SMILES string of the molecule is CC(C)(N)Cc1nccc2cccc(F)c12. The van der Waals surface area contributed by atoms with Crippen LogP contribution in [0.2, 0.25) is 0 Å². The summed E-state index contributed by atoms with van der Waals surface area (Å²) in [4.78, 5) is 4.23. The highest BCUT2D eigenvalue weighted by atomic mass is 19.1. The molecule has 0 spiro atoms. The van der Waals surface area contributed by atoms with Gasteiger partial charge in [-0.05, 0) is 31.4 Å². The van der Waals surface area contributed by atoms with E-state index in [2.05, 4.69) is 4.98 Å². The predicted octanol–water partition coefficient (Wildman–Crippen LogP) is 2.65. The molecule has 0 atom stereocenters. The lowest BCUT2D eigenvalue weighted by Gasteiger charge is -2.18. The van der Waals surface area contributed by atoms with Crippen molar-refractivity contribution in [3.8, 4) is 0 Å². The zero-order valence-electron chi connectivity index (χ0n) is 9.50. The van der Waals surface area contributed by atoms with E-state index in [9.17, 15) is 4.39 Å². The van der Waals surface area contributed by atoms with E-state index in [4.69, 9.17) is 5.73 Å². The minimum atomic E-state index is -0.385. The number of nitrogens with zero attached hydrogens (tertiary/aromatic N) is 1. The fraction of sp³-hybridized carbons (Fsp3) is 0.308. The quantitative estimate of drug-likeness (QED) is 0.841. The third-order valence-corrected chi connectivity index (χ3v) is 2.44. The molecule has 0 saturated heterocycles. The summed E-state index contributed by atoms with van der Waals surface area (Å²) in [6.07, 6.45) is 2.26. The van der Waals surface area contributed by atoms with Gasteiger partial charge in [0.1, 0.15) is 5.82 Å². The maximum absolute atomic E-state index is 13.7. The minimum Gasteiger partial charge on any atom is -0.325 e. The maximum Gasteiger partial charge on any atom is 0.132 e. The second-order valence-corrected chi connectivity index (χ2v) is 4.76. The van der Waals surface area contributed by atoms with Crippen molar-refractivity contribution in [3.05, 3.63) is 42.0 Å². The fourth-order valence-electron chi connectivity index (χ4n) is 1.82. The average Bonchev–Trinajstić information content (AvgIpc) is 2.15. The van der Waals surface area contributed by atoms with E-state index in [1.807, 2.05) is 26.0 Å². The summed E-state index contributed by atoms with van der Waals surface area (Å²) in [6.45, 7) is 3.82. The minimum absolute atomic E-state index is 0.232. The van der Waals surface area contributed by atoms with Gasteiger partial charge in [-0.25, -0.2) is 4.39 Å². The highest BCUT2D eigenvalue weighted by Gasteiger charge is 2.16. The maximum atomic E-state index is 13.7. The Kier molecular flexibility index (Phi) is 2.64. The number of aromatic nitrogens is 1. The van der Waals surface area contributed by atoms with Crippen LogP contribution in [0.25, 0.3) is 10.8 Å². The van der Waals surface area contributed by atoms with Gasteiger partial charge in [-0.2, -0.15) is 0 Å². The Hall–Kier alpha value is -1.48. The fourth-order valence-corrected chi connectivity index (χ4v) is 1.82. The Bertz CT molecular complexity index is 510. The van der Waals surface area contributed by atoms with Gasteiger partial charge >= 0.3 is 0 Å². The third kappa shape index (κ3) is 2.19. The molecule has 1 heterocycles. The van der Waals surface area contributed by atoms with Crippen molar-refractivity contribution >= 4 is 10.8 Å². The number of pyridine rings is 1. The van der Waals surface area contributed by atoms with E-state index >= 15 is 0 Å². The summed E-state index contributed by atoms with van der Waals surface area (Å²) in [7, 11) is 0. The molecule has 1 aromatic carbocycles. The van der Waals surface area contributed by atoms with E-state index in [-0.39, 0.29) is 11.4 Å². The number of halogens is 1. The van der Waals surface area contributed by atoms with E-state index in [0.717, 1.165) is 11.1 Å². The lowest BCUT2D eigenvalue weighted by Crippen LogP contribution is -2.34. The first-order valence-electron chi connectivity index (χ1n) is 5.28. The van der Waals surface area contributed by atoms with Gasteiger partial charge in [0.15, 0.2) is 0 Å². The molecule has 2 N–H and O–H groups in total. The highest BCUT2D eigenvalue weighted by molar-refractivity contribution is 5.85. The molecule has 16 heavy (non-hydrogen) atoms. The van der Waals surface area contributed by atoms with Crippen LogP contribution in [0.15, 0.2) is 30.5 Å². The number of fused-ring (bicyclic) bond motifs is 1. The Morgan fingerprint density at radius 3 is 2.75 bits per heavy atom. The van der Waals surface area contributed by atoms with Gasteiger partial charge in [0, 0.05) is 23.5 Å². The van der Waals surface area contributed by atoms with Crippen LogP contribution in [0.4, 0.5) is 4.39 Å². The van der Waals surface area contributed by atoms with Crippen molar-refractivity contribution in [3.63, 3.8) is 0 Å². The standard InChI is InChI=1S/C13H15FN2/c1-13(2,15)8-11-12-9(6-7-16-11)4-3-5-10(12)14/h3-7H,8,15H2,1-2H3. The average molecular weight is 218 g/mol. The number of nitrogens with two attached hydrogens (primary N) is 1. The lowest BCUT2D eigenvalue weighted by atomic mass is 9.96. The normalized spacial score (nSPS) is 12.0. The van der Waals surface area contributed by atoms with Crippen LogP contribution in [0, 0.1) is 5.82 Å². The van der Waals surface area contributed by atoms with Crippen LogP contribution in [-0.2, 0) is 6.42 Å². The van der Waals surface area contributed by atoms with Gasteiger partial charge in [-0.3, -0.25) is 4.98 Å². The summed E-state index contributed by atoms with van der Waals surface area (Å²) in [5.74, 6) is -0.232. The number of hydrogen-bond donors (Lipinski definition) is 1. The van der Waals surface area contributed by atoms with Crippen molar-refractivity contribution in [1.29, 1.82) is 0 Å². The number of benzene rings is 1. The molecular formula is C13H15FN2. The van der Waals surface area contributed by atoms with Crippen molar-refractivity contribution in [1.82, 2.24) is 4.98 Å². The Balaban J connectivity index is 2.61. The lowest BCUT2D eigenvalue weighted by molar-refractivity contribution is 0.511. The van der Waals surface area contributed by atoms with Gasteiger partial charge in [0.05, 0.1) is 5.69 Å². The van der Waals surface area contributed by atoms with E-state index in [1.165, 1.54) is 6.07 Å². The second-order valence-electron chi connectivity index (χ2n) is 4.76. The molecule has 0 aliphatic rings. The van der Waals surface area contributed by atoms with Gasteiger partial charge < -0.3 is 5.73 Å². The van der Waals surface area contributed by atoms with Crippen LogP contribution >= 0.6 is 0 Å². The van der Waals surface area contributed by atoms with Crippen molar-refractivity contribution in [2.75, 3.05) is 0 Å². The molecule has 84 valence electrons. The topological polar surface area (TPSA) is 38.9 Å². The molecular weight excluding hydrogens is 203 g/mol. The molecule has 2 nitrogen and oxygen atoms in total. The Morgan fingerprint density at radius 2 is 2.06 bits per heavy atom. The summed E-state index contributed by atoms with van der Waals surface area (Å²) in [6, 6.07) is 6.85. The van der Waals surface area contributed by atoms with Crippen molar-refractivity contribution in [2.24, 2.45) is 5.73 Å². The molecule has 0 aliphatic heterocycles. The monoisotopic (exact) mass is 218 g/mol. The first-order valence-corrected chi connectivity index (χ1v) is 5.28. The zero-order chi connectivity index (χ0) is 11.8. The van der Waals surface area contributed by atoms with Crippen molar-refractivity contribution in [2.45, 2.75) is 25.8 Å². The molecule has 0 aliphatic carbocycles. The molecule has 3 heteroatoms. The van der Waals surface area contributed by atoms with Crippen LogP contribution in [0.1, 0.15) is 19.5 Å². The smallest absolute Gasteiger partial charge is 0.132 e. The van der Waals surface area contributed by atoms with Crippen LogP contribution in [0.3, 0.4) is 0 Å². The molecule has 1 aromatic heterocycles. The zero-order valence-corrected chi connectivity index (χ0v) is 9.50. The van der Waals surface area contributed by atoms with E-state index < -0.39 is 0 Å². The van der Waals surface area contributed by atoms with Gasteiger partial charge in [-0.15, -0.1) is 0 Å². The van der Waals surface area contributed by atoms with Crippen LogP contribution < -0.4 is 5.73 Å². The van der Waals surface area contributed by atoms with Crippen LogP contribution in [0.5, 0.6) is 0 Å². The predicted molar refractivity (Wildman–Crippen MR) is 63.7 cm³/mol. The van der Waals surface area contributed by atoms with E-state index in [0.29, 0.717) is 11.8 Å². The van der Waals surface area contributed by atoms with E-state index in [1.54, 1.807) is 12.3 Å². The summed E-state index contributed by atoms with van der Waals surface area (Å²) < 4.78 is 13.7. The second kappa shape index (κ2) is 3.83. The molecule has 0 fully saturated rings. The number of hydrogen-bond acceptors (Lipinski definition) is 2. The highest BCUT2D eigenvalue weighted by Crippen LogP contribution is 2.22. The van der Waals surface area contributed by atoms with Gasteiger partial charge in [0.25, 0.3) is 0 Å². The third-order valence-electron chi connectivity index (χ3n) is 2.44. The Morgan fingerprint density at radius 1 is 1.31 bits per heavy atom.